The predicted molar refractivity (Wildman–Crippen MR) is 95.2 cm³/mol. The Labute approximate surface area is 152 Å². The summed E-state index contributed by atoms with van der Waals surface area (Å²) in [4.78, 5) is 29.9. The SMILES string of the molecule is Cc1cccc(C(=O)N2CCCN2C(=O)c2ccccc2S(C)(=O)=O)n1. The zero-order valence-corrected chi connectivity index (χ0v) is 15.4. The van der Waals surface area contributed by atoms with Crippen molar-refractivity contribution in [3.8, 4) is 0 Å². The number of sulfone groups is 1. The molecule has 1 aromatic heterocycles. The largest absolute Gasteiger partial charge is 0.291 e. The molecule has 0 aliphatic carbocycles. The van der Waals surface area contributed by atoms with Gasteiger partial charge in [-0.2, -0.15) is 0 Å². The lowest BCUT2D eigenvalue weighted by molar-refractivity contribution is 0.0180. The molecule has 0 unspecified atom stereocenters. The van der Waals surface area contributed by atoms with E-state index >= 15 is 0 Å². The number of aromatic nitrogens is 1. The Hall–Kier alpha value is -2.74. The summed E-state index contributed by atoms with van der Waals surface area (Å²) in [6.45, 7) is 2.50. The highest BCUT2D eigenvalue weighted by molar-refractivity contribution is 7.90. The predicted octanol–water partition coefficient (Wildman–Crippen LogP) is 1.70. The maximum absolute atomic E-state index is 13.0. The topological polar surface area (TPSA) is 87.7 Å². The van der Waals surface area contributed by atoms with Crippen molar-refractivity contribution in [3.63, 3.8) is 0 Å². The molecule has 0 spiro atoms. The molecule has 3 rings (SSSR count). The Bertz CT molecular complexity index is 972. The van der Waals surface area contributed by atoms with Crippen molar-refractivity contribution in [2.75, 3.05) is 19.3 Å². The molecule has 0 N–H and O–H groups in total. The quantitative estimate of drug-likeness (QED) is 0.817. The molecule has 1 aliphatic rings. The minimum absolute atomic E-state index is 0.0435. The molecule has 7 nitrogen and oxygen atoms in total. The molecular formula is C18H19N3O4S. The number of hydrazine groups is 1. The maximum Gasteiger partial charge on any atom is 0.291 e. The molecule has 0 radical (unpaired) electrons. The van der Waals surface area contributed by atoms with Crippen LogP contribution in [0.1, 0.15) is 33.0 Å². The molecule has 1 aliphatic heterocycles. The Kier molecular flexibility index (Phi) is 4.78. The summed E-state index contributed by atoms with van der Waals surface area (Å²) in [7, 11) is -3.57. The number of hydrogen-bond donors (Lipinski definition) is 0. The molecule has 1 saturated heterocycles. The molecule has 0 atom stereocenters. The molecule has 1 aromatic carbocycles. The molecule has 1 fully saturated rings. The van der Waals surface area contributed by atoms with E-state index in [-0.39, 0.29) is 22.1 Å². The molecule has 136 valence electrons. The van der Waals surface area contributed by atoms with Crippen LogP contribution in [0.4, 0.5) is 0 Å². The summed E-state index contributed by atoms with van der Waals surface area (Å²) in [5.41, 5.74) is 1.02. The van der Waals surface area contributed by atoms with Gasteiger partial charge < -0.3 is 0 Å². The summed E-state index contributed by atoms with van der Waals surface area (Å²) in [5.74, 6) is -0.888. The van der Waals surface area contributed by atoms with Gasteiger partial charge in [0.15, 0.2) is 9.84 Å². The number of hydrogen-bond acceptors (Lipinski definition) is 5. The first-order valence-electron chi connectivity index (χ1n) is 8.15. The van der Waals surface area contributed by atoms with E-state index in [9.17, 15) is 18.0 Å². The number of amides is 2. The minimum atomic E-state index is -3.57. The number of benzene rings is 1. The second-order valence-electron chi connectivity index (χ2n) is 6.14. The molecule has 2 amide bonds. The molecule has 2 heterocycles. The third-order valence-electron chi connectivity index (χ3n) is 4.12. The minimum Gasteiger partial charge on any atom is -0.267 e. The Morgan fingerprint density at radius 1 is 0.962 bits per heavy atom. The van der Waals surface area contributed by atoms with Gasteiger partial charge in [-0.1, -0.05) is 18.2 Å². The van der Waals surface area contributed by atoms with E-state index in [0.29, 0.717) is 25.2 Å². The van der Waals surface area contributed by atoms with Gasteiger partial charge in [0.2, 0.25) is 0 Å². The number of aryl methyl sites for hydroxylation is 1. The van der Waals surface area contributed by atoms with Gasteiger partial charge >= 0.3 is 0 Å². The fourth-order valence-corrected chi connectivity index (χ4v) is 3.81. The summed E-state index contributed by atoms with van der Waals surface area (Å²) >= 11 is 0. The number of carbonyl (C=O) groups is 2. The second-order valence-corrected chi connectivity index (χ2v) is 8.13. The van der Waals surface area contributed by atoms with Gasteiger partial charge in [0, 0.05) is 25.0 Å². The maximum atomic E-state index is 13.0. The van der Waals surface area contributed by atoms with Crippen LogP contribution in [-0.2, 0) is 9.84 Å². The lowest BCUT2D eigenvalue weighted by Crippen LogP contribution is -2.45. The van der Waals surface area contributed by atoms with E-state index < -0.39 is 15.7 Å². The average molecular weight is 373 g/mol. The molecular weight excluding hydrogens is 354 g/mol. The second kappa shape index (κ2) is 6.87. The van der Waals surface area contributed by atoms with Crippen LogP contribution in [0.2, 0.25) is 0 Å². The molecule has 8 heteroatoms. The van der Waals surface area contributed by atoms with Crippen molar-refractivity contribution in [1.82, 2.24) is 15.0 Å². The van der Waals surface area contributed by atoms with E-state index in [1.54, 1.807) is 37.3 Å². The van der Waals surface area contributed by atoms with E-state index in [4.69, 9.17) is 0 Å². The van der Waals surface area contributed by atoms with E-state index in [2.05, 4.69) is 4.98 Å². The van der Waals surface area contributed by atoms with Crippen LogP contribution >= 0.6 is 0 Å². The smallest absolute Gasteiger partial charge is 0.267 e. The normalized spacial score (nSPS) is 14.5. The third kappa shape index (κ3) is 3.45. The van der Waals surface area contributed by atoms with Crippen LogP contribution in [0.3, 0.4) is 0 Å². The molecule has 0 bridgehead atoms. The average Bonchev–Trinajstić information content (AvgIpc) is 3.09. The van der Waals surface area contributed by atoms with Crippen molar-refractivity contribution in [2.45, 2.75) is 18.2 Å². The van der Waals surface area contributed by atoms with Gasteiger partial charge in [-0.05, 0) is 37.6 Å². The first kappa shape index (κ1) is 18.1. The highest BCUT2D eigenvalue weighted by Gasteiger charge is 2.34. The fourth-order valence-electron chi connectivity index (χ4n) is 2.93. The summed E-state index contributed by atoms with van der Waals surface area (Å²) in [6, 6.07) is 11.1. The lowest BCUT2D eigenvalue weighted by atomic mass is 10.2. The van der Waals surface area contributed by atoms with Crippen LogP contribution in [0.5, 0.6) is 0 Å². The fraction of sp³-hybridized carbons (Fsp3) is 0.278. The zero-order chi connectivity index (χ0) is 18.9. The van der Waals surface area contributed by atoms with Crippen LogP contribution in [0, 0.1) is 6.92 Å². The van der Waals surface area contributed by atoms with Crippen LogP contribution in [0.25, 0.3) is 0 Å². The van der Waals surface area contributed by atoms with Gasteiger partial charge in [0.1, 0.15) is 5.69 Å². The number of carbonyl (C=O) groups excluding carboxylic acids is 2. The Morgan fingerprint density at radius 3 is 2.27 bits per heavy atom. The highest BCUT2D eigenvalue weighted by atomic mass is 32.2. The lowest BCUT2D eigenvalue weighted by Gasteiger charge is -2.28. The molecule has 26 heavy (non-hydrogen) atoms. The standard InChI is InChI=1S/C18H19N3O4S/c1-13-7-5-9-15(19-13)18(23)21-12-6-11-20(21)17(22)14-8-3-4-10-16(14)26(2,24)25/h3-5,7-10H,6,11-12H2,1-2H3. The Morgan fingerprint density at radius 2 is 1.62 bits per heavy atom. The van der Waals surface area contributed by atoms with E-state index in [0.717, 1.165) is 6.26 Å². The summed E-state index contributed by atoms with van der Waals surface area (Å²) in [6.07, 6.45) is 1.67. The van der Waals surface area contributed by atoms with Gasteiger partial charge in [0.25, 0.3) is 11.8 Å². The van der Waals surface area contributed by atoms with Crippen molar-refractivity contribution in [1.29, 1.82) is 0 Å². The first-order chi connectivity index (χ1) is 12.3. The zero-order valence-electron chi connectivity index (χ0n) is 14.5. The van der Waals surface area contributed by atoms with Gasteiger partial charge in [0.05, 0.1) is 10.5 Å². The highest BCUT2D eigenvalue weighted by Crippen LogP contribution is 2.22. The number of pyridine rings is 1. The summed E-state index contributed by atoms with van der Waals surface area (Å²) in [5, 5.41) is 2.64. The Balaban J connectivity index is 1.94. The van der Waals surface area contributed by atoms with Crippen LogP contribution in [0.15, 0.2) is 47.4 Å². The monoisotopic (exact) mass is 373 g/mol. The van der Waals surface area contributed by atoms with E-state index in [1.165, 1.54) is 22.2 Å². The van der Waals surface area contributed by atoms with Gasteiger partial charge in [-0.25, -0.2) is 23.4 Å². The number of nitrogens with zero attached hydrogens (tertiary/aromatic N) is 3. The summed E-state index contributed by atoms with van der Waals surface area (Å²) < 4.78 is 24.0. The third-order valence-corrected chi connectivity index (χ3v) is 5.28. The molecule has 0 saturated carbocycles. The molecule has 2 aromatic rings. The van der Waals surface area contributed by atoms with Crippen molar-refractivity contribution >= 4 is 21.7 Å². The van der Waals surface area contributed by atoms with Gasteiger partial charge in [-0.3, -0.25) is 9.59 Å². The van der Waals surface area contributed by atoms with Crippen LogP contribution < -0.4 is 0 Å². The van der Waals surface area contributed by atoms with Crippen molar-refractivity contribution < 1.29 is 18.0 Å². The van der Waals surface area contributed by atoms with Gasteiger partial charge in [-0.15, -0.1) is 0 Å². The number of rotatable bonds is 3. The first-order valence-corrected chi connectivity index (χ1v) is 10.0. The van der Waals surface area contributed by atoms with Crippen LogP contribution in [-0.4, -0.2) is 54.6 Å². The van der Waals surface area contributed by atoms with Crippen molar-refractivity contribution in [2.24, 2.45) is 0 Å². The van der Waals surface area contributed by atoms with E-state index in [1.807, 2.05) is 0 Å². The van der Waals surface area contributed by atoms with Crippen molar-refractivity contribution in [3.05, 3.63) is 59.4 Å².